The van der Waals surface area contributed by atoms with Gasteiger partial charge in [0.1, 0.15) is 17.9 Å². The highest BCUT2D eigenvalue weighted by molar-refractivity contribution is 5.86. The third kappa shape index (κ3) is 6.65. The Morgan fingerprint density at radius 3 is 2.32 bits per heavy atom. The predicted octanol–water partition coefficient (Wildman–Crippen LogP) is 5.36. The van der Waals surface area contributed by atoms with E-state index in [1.165, 1.54) is 6.07 Å². The topological polar surface area (TPSA) is 52.6 Å². The third-order valence-corrected chi connectivity index (χ3v) is 4.18. The summed E-state index contributed by atoms with van der Waals surface area (Å²) in [6.07, 6.45) is 4.29. The van der Waals surface area contributed by atoms with Gasteiger partial charge < -0.3 is 9.47 Å². The first kappa shape index (κ1) is 21.4. The van der Waals surface area contributed by atoms with Gasteiger partial charge in [-0.15, -0.1) is 0 Å². The van der Waals surface area contributed by atoms with Crippen molar-refractivity contribution in [3.05, 3.63) is 66.0 Å². The van der Waals surface area contributed by atoms with Crippen LogP contribution >= 0.6 is 0 Å². The highest BCUT2D eigenvalue weighted by Gasteiger charge is 2.06. The maximum atomic E-state index is 14.1. The van der Waals surface area contributed by atoms with Gasteiger partial charge in [-0.2, -0.15) is 0 Å². The van der Waals surface area contributed by atoms with Crippen molar-refractivity contribution < 1.29 is 23.5 Å². The summed E-state index contributed by atoms with van der Waals surface area (Å²) in [7, 11) is 0. The molecule has 148 valence electrons. The second kappa shape index (κ2) is 11.0. The number of carbonyl (C=O) groups is 2. The van der Waals surface area contributed by atoms with Crippen molar-refractivity contribution in [2.45, 2.75) is 32.6 Å². The number of hydrogen-bond donors (Lipinski definition) is 0. The van der Waals surface area contributed by atoms with Gasteiger partial charge in [0.2, 0.25) is 0 Å². The minimum atomic E-state index is -0.424. The molecule has 0 atom stereocenters. The van der Waals surface area contributed by atoms with Crippen LogP contribution in [0.2, 0.25) is 0 Å². The van der Waals surface area contributed by atoms with E-state index in [0.29, 0.717) is 36.2 Å². The van der Waals surface area contributed by atoms with E-state index in [2.05, 4.69) is 6.58 Å². The molecule has 0 spiro atoms. The van der Waals surface area contributed by atoms with Gasteiger partial charge in [-0.3, -0.25) is 4.79 Å². The van der Waals surface area contributed by atoms with Crippen molar-refractivity contribution in [3.8, 4) is 16.9 Å². The molecule has 2 rings (SSSR count). The fourth-order valence-corrected chi connectivity index (χ4v) is 2.61. The van der Waals surface area contributed by atoms with Crippen LogP contribution in [0.4, 0.5) is 4.39 Å². The molecule has 0 unspecified atom stereocenters. The van der Waals surface area contributed by atoms with Crippen LogP contribution in [0.15, 0.2) is 54.6 Å². The van der Waals surface area contributed by atoms with Crippen molar-refractivity contribution in [3.63, 3.8) is 0 Å². The molecular weight excluding hydrogens is 359 g/mol. The number of rotatable bonds is 11. The number of hydrogen-bond acceptors (Lipinski definition) is 4. The minimum absolute atomic E-state index is 0.315. The van der Waals surface area contributed by atoms with Crippen molar-refractivity contribution >= 4 is 12.3 Å². The molecule has 2 aromatic carbocycles. The first-order valence-corrected chi connectivity index (χ1v) is 9.32. The average Bonchev–Trinajstić information content (AvgIpc) is 2.70. The van der Waals surface area contributed by atoms with Crippen LogP contribution in [0.25, 0.3) is 11.1 Å². The zero-order chi connectivity index (χ0) is 20.4. The number of ether oxygens (including phenoxy) is 2. The molecule has 0 aliphatic heterocycles. The van der Waals surface area contributed by atoms with Crippen molar-refractivity contribution in [2.75, 3.05) is 13.2 Å². The fraction of sp³-hybridized carbons (Fsp3) is 0.304. The predicted molar refractivity (Wildman–Crippen MR) is 107 cm³/mol. The van der Waals surface area contributed by atoms with Crippen molar-refractivity contribution in [1.29, 1.82) is 0 Å². The molecule has 0 fully saturated rings. The summed E-state index contributed by atoms with van der Waals surface area (Å²) in [6, 6.07) is 11.6. The number of benzene rings is 2. The van der Waals surface area contributed by atoms with Gasteiger partial charge in [-0.05, 0) is 56.4 Å². The van der Waals surface area contributed by atoms with Gasteiger partial charge in [0.15, 0.2) is 0 Å². The van der Waals surface area contributed by atoms with Crippen LogP contribution in [0, 0.1) is 5.82 Å². The molecule has 0 aliphatic carbocycles. The molecule has 0 radical (unpaired) electrons. The van der Waals surface area contributed by atoms with Crippen LogP contribution < -0.4 is 4.74 Å². The van der Waals surface area contributed by atoms with Crippen LogP contribution in [-0.2, 0) is 9.53 Å². The summed E-state index contributed by atoms with van der Waals surface area (Å²) in [5.41, 5.74) is 1.91. The maximum Gasteiger partial charge on any atom is 0.333 e. The molecule has 4 nitrogen and oxygen atoms in total. The minimum Gasteiger partial charge on any atom is -0.494 e. The van der Waals surface area contributed by atoms with Crippen molar-refractivity contribution in [1.82, 2.24) is 0 Å². The third-order valence-electron chi connectivity index (χ3n) is 4.18. The lowest BCUT2D eigenvalue weighted by molar-refractivity contribution is -0.139. The molecule has 0 amide bonds. The van der Waals surface area contributed by atoms with Gasteiger partial charge in [0.25, 0.3) is 0 Å². The summed E-state index contributed by atoms with van der Waals surface area (Å²) < 4.78 is 24.8. The summed E-state index contributed by atoms with van der Waals surface area (Å²) >= 11 is 0. The fourth-order valence-electron chi connectivity index (χ4n) is 2.61. The number of unbranched alkanes of at least 4 members (excludes halogenated alkanes) is 3. The van der Waals surface area contributed by atoms with E-state index in [-0.39, 0.29) is 5.97 Å². The lowest BCUT2D eigenvalue weighted by Crippen LogP contribution is -2.06. The first-order valence-electron chi connectivity index (χ1n) is 9.32. The Morgan fingerprint density at radius 1 is 1.04 bits per heavy atom. The SMILES string of the molecule is C=C(C)C(=O)OCCCCCCOc1ccc(-c2ccc(C=O)cc2F)cc1. The molecule has 0 saturated carbocycles. The largest absolute Gasteiger partial charge is 0.494 e. The molecule has 0 heterocycles. The molecule has 5 heteroatoms. The van der Waals surface area contributed by atoms with Gasteiger partial charge in [-0.25, -0.2) is 9.18 Å². The lowest BCUT2D eigenvalue weighted by atomic mass is 10.0. The quantitative estimate of drug-likeness (QED) is 0.226. The first-order chi connectivity index (χ1) is 13.5. The summed E-state index contributed by atoms with van der Waals surface area (Å²) in [5.74, 6) is -0.0393. The molecular formula is C23H25FO4. The highest BCUT2D eigenvalue weighted by Crippen LogP contribution is 2.25. The Kier molecular flexibility index (Phi) is 8.40. The zero-order valence-electron chi connectivity index (χ0n) is 16.1. The van der Waals surface area contributed by atoms with Crippen LogP contribution in [0.1, 0.15) is 43.0 Å². The van der Waals surface area contributed by atoms with Crippen molar-refractivity contribution in [2.24, 2.45) is 0 Å². The Morgan fingerprint density at radius 2 is 1.71 bits per heavy atom. The highest BCUT2D eigenvalue weighted by atomic mass is 19.1. The second-order valence-corrected chi connectivity index (χ2v) is 6.56. The zero-order valence-corrected chi connectivity index (χ0v) is 16.1. The monoisotopic (exact) mass is 384 g/mol. The number of esters is 1. The summed E-state index contributed by atoms with van der Waals surface area (Å²) in [5, 5.41) is 0. The Labute approximate surface area is 165 Å². The van der Waals surface area contributed by atoms with E-state index >= 15 is 0 Å². The van der Waals surface area contributed by atoms with Gasteiger partial charge >= 0.3 is 5.97 Å². The number of aldehydes is 1. The van der Waals surface area contributed by atoms with E-state index in [4.69, 9.17) is 9.47 Å². The molecule has 0 N–H and O–H groups in total. The van der Waals surface area contributed by atoms with Crippen LogP contribution in [0.5, 0.6) is 5.75 Å². The summed E-state index contributed by atoms with van der Waals surface area (Å²) in [6.45, 7) is 6.17. The average molecular weight is 384 g/mol. The molecule has 0 aromatic heterocycles. The molecule has 0 aliphatic rings. The normalized spacial score (nSPS) is 10.4. The Balaban J connectivity index is 1.68. The maximum absolute atomic E-state index is 14.1. The molecule has 0 saturated heterocycles. The van der Waals surface area contributed by atoms with E-state index < -0.39 is 5.82 Å². The molecule has 2 aromatic rings. The van der Waals surface area contributed by atoms with Gasteiger partial charge in [0.05, 0.1) is 13.2 Å². The van der Waals surface area contributed by atoms with E-state index in [9.17, 15) is 14.0 Å². The van der Waals surface area contributed by atoms with Crippen LogP contribution in [0.3, 0.4) is 0 Å². The molecule has 28 heavy (non-hydrogen) atoms. The van der Waals surface area contributed by atoms with E-state index in [1.807, 2.05) is 0 Å². The van der Waals surface area contributed by atoms with E-state index in [1.54, 1.807) is 43.3 Å². The van der Waals surface area contributed by atoms with Crippen LogP contribution in [-0.4, -0.2) is 25.5 Å². The number of halogens is 1. The summed E-state index contributed by atoms with van der Waals surface area (Å²) in [4.78, 5) is 21.9. The van der Waals surface area contributed by atoms with E-state index in [0.717, 1.165) is 37.0 Å². The van der Waals surface area contributed by atoms with Gasteiger partial charge in [-0.1, -0.05) is 30.8 Å². The Bertz CT molecular complexity index is 812. The number of carbonyl (C=O) groups excluding carboxylic acids is 2. The lowest BCUT2D eigenvalue weighted by Gasteiger charge is -2.08. The standard InChI is InChI=1S/C23H25FO4/c1-17(2)23(26)28-14-6-4-3-5-13-27-20-10-8-19(9-11-20)21-12-7-18(16-25)15-22(21)24/h7-12,15-16H,1,3-6,13-14H2,2H3. The Hall–Kier alpha value is -2.95. The second-order valence-electron chi connectivity index (χ2n) is 6.56. The smallest absolute Gasteiger partial charge is 0.333 e. The molecule has 0 bridgehead atoms. The van der Waals surface area contributed by atoms with Gasteiger partial charge in [0, 0.05) is 16.7 Å².